The minimum absolute atomic E-state index is 0.342. The molecule has 0 aromatic carbocycles. The molecule has 0 aromatic heterocycles. The van der Waals surface area contributed by atoms with Gasteiger partial charge in [-0.25, -0.2) is 4.89 Å². The molecule has 3 heteroatoms. The topological polar surface area (TPSA) is 33.0 Å². The van der Waals surface area contributed by atoms with Gasteiger partial charge in [-0.15, -0.1) is 0 Å². The summed E-state index contributed by atoms with van der Waals surface area (Å²) >= 11 is 0. The van der Waals surface area contributed by atoms with E-state index < -0.39 is 0 Å². The monoisotopic (exact) mass is 87.0 g/mol. The molecule has 0 radical (unpaired) electrons. The van der Waals surface area contributed by atoms with Crippen molar-refractivity contribution in [3.05, 3.63) is 0 Å². The van der Waals surface area contributed by atoms with Gasteiger partial charge in [0.2, 0.25) is 0 Å². The fourth-order valence-corrected chi connectivity index (χ4v) is 0.194. The SMILES string of the molecule is CCO[Si]#N. The van der Waals surface area contributed by atoms with Crippen molar-refractivity contribution in [2.75, 3.05) is 6.61 Å². The second-order valence-electron chi connectivity index (χ2n) is 0.524. The Morgan fingerprint density at radius 3 is 2.60 bits per heavy atom. The van der Waals surface area contributed by atoms with E-state index in [-0.39, 0.29) is 9.40 Å². The Labute approximate surface area is 33.3 Å². The molecule has 0 unspecified atom stereocenters. The van der Waals surface area contributed by atoms with Gasteiger partial charge in [-0.3, -0.25) is 0 Å². The zero-order valence-corrected chi connectivity index (χ0v) is 4.06. The highest BCUT2D eigenvalue weighted by molar-refractivity contribution is 6.05. The van der Waals surface area contributed by atoms with Crippen LogP contribution in [0.5, 0.6) is 0 Å². The standard InChI is InChI=1S/C2H5NOSi/c1-2-4-5-3/h2H2,1H3. The van der Waals surface area contributed by atoms with E-state index in [4.69, 9.17) is 4.89 Å². The highest BCUT2D eigenvalue weighted by Gasteiger charge is 1.62. The molecule has 0 rings (SSSR count). The number of rotatable bonds is 1. The van der Waals surface area contributed by atoms with E-state index >= 15 is 0 Å². The molecule has 0 bridgehead atoms. The van der Waals surface area contributed by atoms with Gasteiger partial charge in [0.1, 0.15) is 0 Å². The molecule has 0 atom stereocenters. The molecule has 28 valence electrons. The van der Waals surface area contributed by atoms with Gasteiger partial charge in [0.05, 0.1) is 6.61 Å². The molecule has 0 amide bonds. The van der Waals surface area contributed by atoms with E-state index in [1.165, 1.54) is 0 Å². The minimum Gasteiger partial charge on any atom is -0.488 e. The first kappa shape index (κ1) is 4.73. The summed E-state index contributed by atoms with van der Waals surface area (Å²) in [5, 5.41) is 0. The van der Waals surface area contributed by atoms with Gasteiger partial charge in [0.15, 0.2) is 0 Å². The molecule has 0 aliphatic rings. The van der Waals surface area contributed by atoms with Crippen LogP contribution in [0.3, 0.4) is 0 Å². The lowest BCUT2D eigenvalue weighted by Crippen LogP contribution is -1.80. The van der Waals surface area contributed by atoms with Crippen molar-refractivity contribution < 1.29 is 4.43 Å². The van der Waals surface area contributed by atoms with Gasteiger partial charge in [0, 0.05) is 0 Å². The number of nitrogens with zero attached hydrogens (tertiary/aromatic N) is 1. The predicted molar refractivity (Wildman–Crippen MR) is 19.1 cm³/mol. The molecule has 0 saturated heterocycles. The summed E-state index contributed by atoms with van der Waals surface area (Å²) in [6.45, 7) is 2.44. The van der Waals surface area contributed by atoms with Crippen LogP contribution in [0.15, 0.2) is 0 Å². The van der Waals surface area contributed by atoms with Crippen LogP contribution >= 0.6 is 0 Å². The first-order valence-corrected chi connectivity index (χ1v) is 2.28. The lowest BCUT2D eigenvalue weighted by atomic mass is 10.9. The van der Waals surface area contributed by atoms with Crippen molar-refractivity contribution in [1.29, 1.82) is 4.89 Å². The van der Waals surface area contributed by atoms with Gasteiger partial charge >= 0.3 is 9.40 Å². The zero-order chi connectivity index (χ0) is 4.12. The van der Waals surface area contributed by atoms with Crippen LogP contribution in [0.4, 0.5) is 0 Å². The summed E-state index contributed by atoms with van der Waals surface area (Å²) in [6, 6.07) is 0. The largest absolute Gasteiger partial charge is 0.488 e. The van der Waals surface area contributed by atoms with Crippen LogP contribution in [0, 0.1) is 4.89 Å². The summed E-state index contributed by atoms with van der Waals surface area (Å²) in [7, 11) is -0.342. The Hall–Kier alpha value is -0.273. The van der Waals surface area contributed by atoms with Crippen LogP contribution < -0.4 is 0 Å². The third-order valence-electron chi connectivity index (χ3n) is 0.209. The van der Waals surface area contributed by atoms with Gasteiger partial charge in [-0.2, -0.15) is 0 Å². The van der Waals surface area contributed by atoms with Crippen molar-refractivity contribution >= 4 is 9.40 Å². The second kappa shape index (κ2) is 3.73. The third-order valence-corrected chi connectivity index (χ3v) is 0.627. The minimum atomic E-state index is -0.342. The second-order valence-corrected chi connectivity index (χ2v) is 0.996. The van der Waals surface area contributed by atoms with E-state index in [9.17, 15) is 0 Å². The Morgan fingerprint density at radius 2 is 2.60 bits per heavy atom. The lowest BCUT2D eigenvalue weighted by Gasteiger charge is -1.77. The van der Waals surface area contributed by atoms with Crippen molar-refractivity contribution in [2.45, 2.75) is 6.92 Å². The maximum atomic E-state index is 7.87. The Bertz CT molecular complexity index is 48.1. The first-order chi connectivity index (χ1) is 2.41. The van der Waals surface area contributed by atoms with Gasteiger partial charge in [0.25, 0.3) is 0 Å². The zero-order valence-electron chi connectivity index (χ0n) is 3.06. The average Bonchev–Trinajstić information content (AvgIpc) is 1.41. The van der Waals surface area contributed by atoms with E-state index in [1.54, 1.807) is 0 Å². The molecule has 0 heterocycles. The van der Waals surface area contributed by atoms with Crippen LogP contribution in [0.25, 0.3) is 0 Å². The van der Waals surface area contributed by atoms with Crippen LogP contribution in [0.1, 0.15) is 6.92 Å². The smallest absolute Gasteiger partial charge is 0.454 e. The maximum absolute atomic E-state index is 7.87. The molecule has 0 N–H and O–H groups in total. The molecule has 5 heavy (non-hydrogen) atoms. The fraction of sp³-hybridized carbons (Fsp3) is 1.00. The highest BCUT2D eigenvalue weighted by Crippen LogP contribution is 1.53. The first-order valence-electron chi connectivity index (χ1n) is 1.42. The molecule has 2 nitrogen and oxygen atoms in total. The van der Waals surface area contributed by atoms with Gasteiger partial charge < -0.3 is 4.43 Å². The number of hydrogen-bond acceptors (Lipinski definition) is 2. The van der Waals surface area contributed by atoms with Crippen LogP contribution in [-0.4, -0.2) is 16.0 Å². The maximum Gasteiger partial charge on any atom is 0.454 e. The fourth-order valence-electron chi connectivity index (χ4n) is 0.0645. The van der Waals surface area contributed by atoms with Gasteiger partial charge in [-0.05, 0) is 6.92 Å². The highest BCUT2D eigenvalue weighted by atomic mass is 28.2. The molecular formula is C2H5NOSi. The molecular weight excluding hydrogens is 82.1 g/mol. The quantitative estimate of drug-likeness (QED) is 0.426. The predicted octanol–water partition coefficient (Wildman–Crippen LogP) is 0.121. The van der Waals surface area contributed by atoms with Crippen molar-refractivity contribution in [3.8, 4) is 0 Å². The van der Waals surface area contributed by atoms with Crippen molar-refractivity contribution in [2.24, 2.45) is 0 Å². The normalized spacial score (nSPS) is 5.60. The number of hydrogen-bond donors (Lipinski definition) is 0. The molecule has 0 fully saturated rings. The molecule has 0 aliphatic carbocycles. The summed E-state index contributed by atoms with van der Waals surface area (Å²) in [5.41, 5.74) is 0. The molecule has 0 aliphatic heterocycles. The van der Waals surface area contributed by atoms with E-state index in [0.29, 0.717) is 6.61 Å². The molecule has 0 spiro atoms. The van der Waals surface area contributed by atoms with Crippen LogP contribution in [-0.2, 0) is 4.43 Å². The average molecular weight is 87.2 g/mol. The van der Waals surface area contributed by atoms with Crippen molar-refractivity contribution in [3.63, 3.8) is 0 Å². The van der Waals surface area contributed by atoms with E-state index in [2.05, 4.69) is 4.43 Å². The van der Waals surface area contributed by atoms with Crippen LogP contribution in [0.2, 0.25) is 0 Å². The van der Waals surface area contributed by atoms with E-state index in [0.717, 1.165) is 0 Å². The molecule has 0 aromatic rings. The Morgan fingerprint density at radius 1 is 2.00 bits per heavy atom. The Balaban J connectivity index is 2.48. The third kappa shape index (κ3) is 3.73. The Kier molecular flexibility index (Phi) is 3.52. The summed E-state index contributed by atoms with van der Waals surface area (Å²) < 4.78 is 4.42. The summed E-state index contributed by atoms with van der Waals surface area (Å²) in [5.74, 6) is 0. The van der Waals surface area contributed by atoms with E-state index in [1.807, 2.05) is 6.92 Å². The van der Waals surface area contributed by atoms with Crippen molar-refractivity contribution in [1.82, 2.24) is 0 Å². The van der Waals surface area contributed by atoms with Gasteiger partial charge in [-0.1, -0.05) is 0 Å². The summed E-state index contributed by atoms with van der Waals surface area (Å²) in [6.07, 6.45) is 0. The lowest BCUT2D eigenvalue weighted by molar-refractivity contribution is 0.369. The molecule has 0 saturated carbocycles. The summed E-state index contributed by atoms with van der Waals surface area (Å²) in [4.78, 5) is 7.87.